The van der Waals surface area contributed by atoms with Crippen LogP contribution in [0.3, 0.4) is 0 Å². The quantitative estimate of drug-likeness (QED) is 0.598. The zero-order valence-electron chi connectivity index (χ0n) is 8.84. The molecule has 0 saturated heterocycles. The van der Waals surface area contributed by atoms with Gasteiger partial charge in [0.1, 0.15) is 0 Å². The van der Waals surface area contributed by atoms with Gasteiger partial charge in [-0.1, -0.05) is 11.6 Å². The number of ether oxygens (including phenoxy) is 1. The number of aromatic nitrogens is 1. The van der Waals surface area contributed by atoms with Crippen LogP contribution in [-0.4, -0.2) is 17.6 Å². The van der Waals surface area contributed by atoms with Crippen LogP contribution in [0.1, 0.15) is 24.6 Å². The highest BCUT2D eigenvalue weighted by atomic mass is 127. The molecule has 0 N–H and O–H groups in total. The minimum atomic E-state index is -2.77. The predicted molar refractivity (Wildman–Crippen MR) is 67.3 cm³/mol. The van der Waals surface area contributed by atoms with E-state index in [2.05, 4.69) is 9.72 Å². The van der Waals surface area contributed by atoms with E-state index in [1.807, 2.05) is 0 Å². The lowest BCUT2D eigenvalue weighted by Gasteiger charge is -2.10. The van der Waals surface area contributed by atoms with Crippen molar-refractivity contribution in [1.82, 2.24) is 4.98 Å². The summed E-state index contributed by atoms with van der Waals surface area (Å²) in [6, 6.07) is 0. The Labute approximate surface area is 116 Å². The van der Waals surface area contributed by atoms with E-state index in [9.17, 15) is 13.6 Å². The van der Waals surface area contributed by atoms with E-state index in [1.165, 1.54) is 6.20 Å². The first-order valence-corrected chi connectivity index (χ1v) is 6.19. The van der Waals surface area contributed by atoms with E-state index in [0.717, 1.165) is 0 Å². The van der Waals surface area contributed by atoms with Crippen molar-refractivity contribution in [3.05, 3.63) is 26.0 Å². The van der Waals surface area contributed by atoms with E-state index in [4.69, 9.17) is 11.6 Å². The highest BCUT2D eigenvalue weighted by molar-refractivity contribution is 14.1. The van der Waals surface area contributed by atoms with Gasteiger partial charge >= 0.3 is 5.97 Å². The molecule has 0 saturated carbocycles. The second-order valence-corrected chi connectivity index (χ2v) is 4.60. The van der Waals surface area contributed by atoms with Crippen LogP contribution in [0.2, 0.25) is 5.02 Å². The van der Waals surface area contributed by atoms with E-state index in [-0.39, 0.29) is 23.7 Å². The Hall–Kier alpha value is -0.500. The third kappa shape index (κ3) is 3.74. The Bertz CT molecular complexity index is 429. The molecule has 1 heterocycles. The number of esters is 1. The number of carbonyl (C=O) groups excluding carboxylic acids is 1. The summed E-state index contributed by atoms with van der Waals surface area (Å²) in [7, 11) is 0. The maximum absolute atomic E-state index is 12.8. The highest BCUT2D eigenvalue weighted by Crippen LogP contribution is 2.32. The summed E-state index contributed by atoms with van der Waals surface area (Å²) in [5.41, 5.74) is -0.435. The van der Waals surface area contributed by atoms with Gasteiger partial charge < -0.3 is 4.74 Å². The standard InChI is InChI=1S/C10H9ClF2INO2/c1-2-17-7(16)3-6-8(10(12)13)9(11)5(14)4-15-6/h4,10H,2-3H2,1H3. The molecule has 1 rings (SSSR count). The number of rotatable bonds is 4. The molecule has 0 fully saturated rings. The van der Waals surface area contributed by atoms with Crippen molar-refractivity contribution in [2.75, 3.05) is 6.61 Å². The van der Waals surface area contributed by atoms with Gasteiger partial charge in [0.25, 0.3) is 6.43 Å². The van der Waals surface area contributed by atoms with E-state index in [1.54, 1.807) is 29.5 Å². The number of halogens is 4. The van der Waals surface area contributed by atoms with Crippen LogP contribution in [0, 0.1) is 3.57 Å². The number of hydrogen-bond acceptors (Lipinski definition) is 3. The molecule has 17 heavy (non-hydrogen) atoms. The van der Waals surface area contributed by atoms with Crippen LogP contribution < -0.4 is 0 Å². The normalized spacial score (nSPS) is 10.7. The average Bonchev–Trinajstić information content (AvgIpc) is 2.23. The fraction of sp³-hybridized carbons (Fsp3) is 0.400. The third-order valence-corrected chi connectivity index (χ3v) is 3.47. The van der Waals surface area contributed by atoms with Gasteiger partial charge in [0.05, 0.1) is 32.9 Å². The van der Waals surface area contributed by atoms with Crippen LogP contribution in [0.15, 0.2) is 6.20 Å². The predicted octanol–water partition coefficient (Wildman–Crippen LogP) is 3.38. The Morgan fingerprint density at radius 2 is 2.29 bits per heavy atom. The van der Waals surface area contributed by atoms with Gasteiger partial charge in [0.2, 0.25) is 0 Å². The average molecular weight is 376 g/mol. The van der Waals surface area contributed by atoms with E-state index < -0.39 is 18.0 Å². The molecule has 3 nitrogen and oxygen atoms in total. The molecular formula is C10H9ClF2INO2. The monoisotopic (exact) mass is 375 g/mol. The smallest absolute Gasteiger partial charge is 0.311 e. The van der Waals surface area contributed by atoms with Gasteiger partial charge in [-0.15, -0.1) is 0 Å². The number of pyridine rings is 1. The van der Waals surface area contributed by atoms with Crippen LogP contribution in [0.4, 0.5) is 8.78 Å². The molecular weight excluding hydrogens is 366 g/mol. The van der Waals surface area contributed by atoms with Crippen LogP contribution in [0.5, 0.6) is 0 Å². The Morgan fingerprint density at radius 3 is 2.82 bits per heavy atom. The van der Waals surface area contributed by atoms with Crippen molar-refractivity contribution in [1.29, 1.82) is 0 Å². The Kier molecular flexibility index (Phi) is 5.51. The second kappa shape index (κ2) is 6.44. The second-order valence-electron chi connectivity index (χ2n) is 3.06. The third-order valence-electron chi connectivity index (χ3n) is 1.93. The van der Waals surface area contributed by atoms with E-state index >= 15 is 0 Å². The first-order valence-electron chi connectivity index (χ1n) is 4.73. The molecule has 0 aliphatic rings. The fourth-order valence-electron chi connectivity index (χ4n) is 1.23. The molecule has 7 heteroatoms. The lowest BCUT2D eigenvalue weighted by Crippen LogP contribution is -2.12. The zero-order chi connectivity index (χ0) is 13.0. The van der Waals surface area contributed by atoms with Crippen molar-refractivity contribution in [3.63, 3.8) is 0 Å². The SMILES string of the molecule is CCOC(=O)Cc1ncc(I)c(Cl)c1C(F)F. The van der Waals surface area contributed by atoms with E-state index in [0.29, 0.717) is 3.57 Å². The summed E-state index contributed by atoms with van der Waals surface area (Å²) in [5, 5.41) is -0.0603. The molecule has 0 amide bonds. The minimum Gasteiger partial charge on any atom is -0.466 e. The lowest BCUT2D eigenvalue weighted by molar-refractivity contribution is -0.142. The van der Waals surface area contributed by atoms with Gasteiger partial charge in [-0.05, 0) is 29.5 Å². The number of carbonyl (C=O) groups is 1. The summed E-state index contributed by atoms with van der Waals surface area (Å²) < 4.78 is 30.8. The minimum absolute atomic E-state index is 0.0381. The molecule has 0 aliphatic carbocycles. The van der Waals surface area contributed by atoms with Crippen LogP contribution >= 0.6 is 34.2 Å². The number of nitrogens with zero attached hydrogens (tertiary/aromatic N) is 1. The highest BCUT2D eigenvalue weighted by Gasteiger charge is 2.22. The maximum Gasteiger partial charge on any atom is 0.311 e. The summed E-state index contributed by atoms with van der Waals surface area (Å²) in [5.74, 6) is -0.598. The molecule has 0 atom stereocenters. The van der Waals surface area contributed by atoms with Crippen molar-refractivity contribution >= 4 is 40.2 Å². The molecule has 0 aliphatic heterocycles. The first kappa shape index (κ1) is 14.6. The molecule has 0 unspecified atom stereocenters. The molecule has 0 bridgehead atoms. The zero-order valence-corrected chi connectivity index (χ0v) is 11.8. The Balaban J connectivity index is 3.07. The lowest BCUT2D eigenvalue weighted by atomic mass is 10.1. The van der Waals surface area contributed by atoms with Crippen molar-refractivity contribution in [2.45, 2.75) is 19.8 Å². The molecule has 1 aromatic heterocycles. The Morgan fingerprint density at radius 1 is 1.65 bits per heavy atom. The molecule has 1 aromatic rings. The van der Waals surface area contributed by atoms with Gasteiger partial charge in [0, 0.05) is 6.20 Å². The summed E-state index contributed by atoms with van der Waals surface area (Å²) in [4.78, 5) is 15.0. The van der Waals surface area contributed by atoms with Gasteiger partial charge in [-0.3, -0.25) is 9.78 Å². The van der Waals surface area contributed by atoms with Crippen molar-refractivity contribution in [2.24, 2.45) is 0 Å². The summed E-state index contributed by atoms with van der Waals surface area (Å²) in [6.45, 7) is 1.83. The molecule has 0 spiro atoms. The maximum atomic E-state index is 12.8. The van der Waals surface area contributed by atoms with Gasteiger partial charge in [-0.25, -0.2) is 8.78 Å². The summed E-state index contributed by atoms with van der Waals surface area (Å²) >= 11 is 7.58. The largest absolute Gasteiger partial charge is 0.466 e. The van der Waals surface area contributed by atoms with Crippen LogP contribution in [0.25, 0.3) is 0 Å². The molecule has 94 valence electrons. The first-order chi connectivity index (χ1) is 7.97. The number of hydrogen-bond donors (Lipinski definition) is 0. The molecule has 0 radical (unpaired) electrons. The van der Waals surface area contributed by atoms with Gasteiger partial charge in [-0.2, -0.15) is 0 Å². The number of alkyl halides is 2. The van der Waals surface area contributed by atoms with Crippen molar-refractivity contribution < 1.29 is 18.3 Å². The fourth-order valence-corrected chi connectivity index (χ4v) is 1.90. The van der Waals surface area contributed by atoms with Crippen molar-refractivity contribution in [3.8, 4) is 0 Å². The molecule has 0 aromatic carbocycles. The van der Waals surface area contributed by atoms with Crippen LogP contribution in [-0.2, 0) is 16.0 Å². The summed E-state index contributed by atoms with van der Waals surface area (Å²) in [6.07, 6.45) is -1.72. The van der Waals surface area contributed by atoms with Gasteiger partial charge in [0.15, 0.2) is 0 Å². The topological polar surface area (TPSA) is 39.2 Å².